The molecular formula is C15H20ClN3O2. The van der Waals surface area contributed by atoms with Gasteiger partial charge in [-0.25, -0.2) is 4.79 Å². The zero-order valence-electron chi connectivity index (χ0n) is 11.8. The summed E-state index contributed by atoms with van der Waals surface area (Å²) in [5.41, 5.74) is 5.78. The van der Waals surface area contributed by atoms with Crippen molar-refractivity contribution >= 4 is 29.2 Å². The minimum Gasteiger partial charge on any atom is -0.370 e. The summed E-state index contributed by atoms with van der Waals surface area (Å²) in [6, 6.07) is 7.05. The van der Waals surface area contributed by atoms with Gasteiger partial charge in [0.2, 0.25) is 5.91 Å². The van der Waals surface area contributed by atoms with Crippen LogP contribution in [0, 0.1) is 5.92 Å². The number of carbonyl (C=O) groups is 2. The topological polar surface area (TPSA) is 75.4 Å². The molecule has 114 valence electrons. The third-order valence-electron chi connectivity index (χ3n) is 3.82. The monoisotopic (exact) mass is 309 g/mol. The average molecular weight is 310 g/mol. The van der Waals surface area contributed by atoms with Crippen LogP contribution in [-0.2, 0) is 4.79 Å². The Bertz CT molecular complexity index is 513. The molecule has 3 amide bonds. The number of nitrogens with zero attached hydrogens (tertiary/aromatic N) is 1. The van der Waals surface area contributed by atoms with E-state index >= 15 is 0 Å². The van der Waals surface area contributed by atoms with Crippen molar-refractivity contribution < 1.29 is 9.59 Å². The number of hydrogen-bond acceptors (Lipinski definition) is 2. The van der Waals surface area contributed by atoms with Gasteiger partial charge in [-0.2, -0.15) is 0 Å². The number of anilines is 1. The molecule has 1 heterocycles. The lowest BCUT2D eigenvalue weighted by Crippen LogP contribution is -2.41. The number of hydrogen-bond donors (Lipinski definition) is 2. The largest absolute Gasteiger partial charge is 0.370 e. The van der Waals surface area contributed by atoms with Gasteiger partial charge in [0.25, 0.3) is 0 Å². The van der Waals surface area contributed by atoms with Gasteiger partial charge in [-0.15, -0.1) is 0 Å². The van der Waals surface area contributed by atoms with E-state index in [1.54, 1.807) is 17.0 Å². The summed E-state index contributed by atoms with van der Waals surface area (Å²) in [6.45, 7) is 1.39. The van der Waals surface area contributed by atoms with E-state index in [0.717, 1.165) is 19.3 Å². The molecule has 1 aliphatic rings. The number of likely N-dealkylation sites (tertiary alicyclic amines) is 1. The fourth-order valence-corrected chi connectivity index (χ4v) is 2.71. The zero-order chi connectivity index (χ0) is 15.2. The third-order valence-corrected chi connectivity index (χ3v) is 4.15. The number of amides is 3. The standard InChI is InChI=1S/C15H20ClN3O2/c16-12-3-1-2-4-13(12)18-15(21)19-9-7-11(8-10-19)5-6-14(17)20/h1-4,11H,5-10H2,(H2,17,20)(H,18,21). The summed E-state index contributed by atoms with van der Waals surface area (Å²) in [5.74, 6) is 0.218. The molecule has 3 N–H and O–H groups in total. The molecular weight excluding hydrogens is 290 g/mol. The van der Waals surface area contributed by atoms with Crippen LogP contribution in [0.4, 0.5) is 10.5 Å². The molecule has 0 spiro atoms. The number of para-hydroxylation sites is 1. The van der Waals surface area contributed by atoms with Crippen molar-refractivity contribution in [3.63, 3.8) is 0 Å². The van der Waals surface area contributed by atoms with E-state index in [1.807, 2.05) is 12.1 Å². The SMILES string of the molecule is NC(=O)CCC1CCN(C(=O)Nc2ccccc2Cl)CC1. The molecule has 21 heavy (non-hydrogen) atoms. The van der Waals surface area contributed by atoms with Gasteiger partial charge in [-0.05, 0) is 37.3 Å². The van der Waals surface area contributed by atoms with Crippen molar-refractivity contribution in [1.29, 1.82) is 0 Å². The molecule has 6 heteroatoms. The summed E-state index contributed by atoms with van der Waals surface area (Å²) in [6.07, 6.45) is 3.05. The van der Waals surface area contributed by atoms with Crippen molar-refractivity contribution in [3.8, 4) is 0 Å². The number of benzene rings is 1. The molecule has 1 aliphatic heterocycles. The van der Waals surface area contributed by atoms with E-state index in [4.69, 9.17) is 17.3 Å². The predicted octanol–water partition coefficient (Wildman–Crippen LogP) is 2.85. The summed E-state index contributed by atoms with van der Waals surface area (Å²) >= 11 is 6.02. The van der Waals surface area contributed by atoms with Gasteiger partial charge in [0, 0.05) is 19.5 Å². The van der Waals surface area contributed by atoms with Gasteiger partial charge in [0.05, 0.1) is 10.7 Å². The second-order valence-electron chi connectivity index (χ2n) is 5.35. The van der Waals surface area contributed by atoms with Crippen LogP contribution in [0.25, 0.3) is 0 Å². The Hall–Kier alpha value is -1.75. The molecule has 1 saturated heterocycles. The summed E-state index contributed by atoms with van der Waals surface area (Å²) in [7, 11) is 0. The first-order valence-corrected chi connectivity index (χ1v) is 7.53. The van der Waals surface area contributed by atoms with Gasteiger partial charge < -0.3 is 16.0 Å². The molecule has 0 unspecified atom stereocenters. The van der Waals surface area contributed by atoms with Crippen molar-refractivity contribution in [2.75, 3.05) is 18.4 Å². The molecule has 0 radical (unpaired) electrons. The first kappa shape index (κ1) is 15.6. The number of primary amides is 1. The smallest absolute Gasteiger partial charge is 0.321 e. The normalized spacial score (nSPS) is 15.8. The highest BCUT2D eigenvalue weighted by Crippen LogP contribution is 2.24. The van der Waals surface area contributed by atoms with E-state index in [2.05, 4.69) is 5.32 Å². The minimum absolute atomic E-state index is 0.128. The van der Waals surface area contributed by atoms with Crippen LogP contribution in [0.2, 0.25) is 5.02 Å². The second-order valence-corrected chi connectivity index (χ2v) is 5.75. The zero-order valence-corrected chi connectivity index (χ0v) is 12.6. The maximum absolute atomic E-state index is 12.2. The second kappa shape index (κ2) is 7.31. The quantitative estimate of drug-likeness (QED) is 0.897. The maximum atomic E-state index is 12.2. The van der Waals surface area contributed by atoms with Crippen LogP contribution in [0.15, 0.2) is 24.3 Å². The highest BCUT2D eigenvalue weighted by Gasteiger charge is 2.23. The lowest BCUT2D eigenvalue weighted by Gasteiger charge is -2.32. The average Bonchev–Trinajstić information content (AvgIpc) is 2.48. The lowest BCUT2D eigenvalue weighted by atomic mass is 9.92. The molecule has 2 rings (SSSR count). The predicted molar refractivity (Wildman–Crippen MR) is 83.2 cm³/mol. The maximum Gasteiger partial charge on any atom is 0.321 e. The molecule has 1 fully saturated rings. The van der Waals surface area contributed by atoms with Crippen molar-refractivity contribution in [2.24, 2.45) is 11.7 Å². The van der Waals surface area contributed by atoms with Crippen LogP contribution in [0.1, 0.15) is 25.7 Å². The van der Waals surface area contributed by atoms with Crippen LogP contribution >= 0.6 is 11.6 Å². The number of nitrogens with two attached hydrogens (primary N) is 1. The van der Waals surface area contributed by atoms with Crippen molar-refractivity contribution in [2.45, 2.75) is 25.7 Å². The van der Waals surface area contributed by atoms with Crippen molar-refractivity contribution in [1.82, 2.24) is 4.90 Å². The fourth-order valence-electron chi connectivity index (χ4n) is 2.53. The van der Waals surface area contributed by atoms with E-state index in [0.29, 0.717) is 36.1 Å². The number of urea groups is 1. The Morgan fingerprint density at radius 2 is 1.95 bits per heavy atom. The Kier molecular flexibility index (Phi) is 5.44. The number of nitrogens with one attached hydrogen (secondary N) is 1. The first-order valence-electron chi connectivity index (χ1n) is 7.15. The molecule has 0 aromatic heterocycles. The Balaban J connectivity index is 1.81. The Morgan fingerprint density at radius 3 is 2.57 bits per heavy atom. The van der Waals surface area contributed by atoms with E-state index in [-0.39, 0.29) is 11.9 Å². The Labute approximate surface area is 129 Å². The van der Waals surface area contributed by atoms with Gasteiger partial charge >= 0.3 is 6.03 Å². The van der Waals surface area contributed by atoms with Gasteiger partial charge in [-0.1, -0.05) is 23.7 Å². The van der Waals surface area contributed by atoms with E-state index in [1.165, 1.54) is 0 Å². The van der Waals surface area contributed by atoms with E-state index < -0.39 is 0 Å². The summed E-state index contributed by atoms with van der Waals surface area (Å²) in [4.78, 5) is 24.7. The Morgan fingerprint density at radius 1 is 1.29 bits per heavy atom. The molecule has 0 saturated carbocycles. The number of piperidine rings is 1. The van der Waals surface area contributed by atoms with Gasteiger partial charge in [0.1, 0.15) is 0 Å². The highest BCUT2D eigenvalue weighted by molar-refractivity contribution is 6.33. The lowest BCUT2D eigenvalue weighted by molar-refractivity contribution is -0.118. The van der Waals surface area contributed by atoms with Crippen LogP contribution < -0.4 is 11.1 Å². The minimum atomic E-state index is -0.256. The number of carbonyl (C=O) groups excluding carboxylic acids is 2. The highest BCUT2D eigenvalue weighted by atomic mass is 35.5. The number of halogens is 1. The van der Waals surface area contributed by atoms with E-state index in [9.17, 15) is 9.59 Å². The van der Waals surface area contributed by atoms with Crippen LogP contribution in [-0.4, -0.2) is 29.9 Å². The fraction of sp³-hybridized carbons (Fsp3) is 0.467. The van der Waals surface area contributed by atoms with Crippen LogP contribution in [0.3, 0.4) is 0 Å². The van der Waals surface area contributed by atoms with Crippen molar-refractivity contribution in [3.05, 3.63) is 29.3 Å². The first-order chi connectivity index (χ1) is 10.1. The molecule has 0 bridgehead atoms. The molecule has 1 aromatic carbocycles. The van der Waals surface area contributed by atoms with Gasteiger partial charge in [-0.3, -0.25) is 4.79 Å². The summed E-state index contributed by atoms with van der Waals surface area (Å²) < 4.78 is 0. The van der Waals surface area contributed by atoms with Gasteiger partial charge in [0.15, 0.2) is 0 Å². The van der Waals surface area contributed by atoms with Crippen LogP contribution in [0.5, 0.6) is 0 Å². The molecule has 1 aromatic rings. The molecule has 5 nitrogen and oxygen atoms in total. The molecule has 0 aliphatic carbocycles. The number of rotatable bonds is 4. The summed E-state index contributed by atoms with van der Waals surface area (Å²) in [5, 5.41) is 3.36. The molecule has 0 atom stereocenters. The third kappa shape index (κ3) is 4.63.